The van der Waals surface area contributed by atoms with E-state index in [9.17, 15) is 0 Å². The van der Waals surface area contributed by atoms with Crippen molar-refractivity contribution in [2.45, 2.75) is 18.9 Å². The molecule has 1 atom stereocenters. The molecule has 0 aliphatic carbocycles. The fraction of sp³-hybridized carbons (Fsp3) is 0.444. The molecule has 2 aliphatic rings. The Hall–Kier alpha value is -1.09. The lowest BCUT2D eigenvalue weighted by Gasteiger charge is -2.13. The lowest BCUT2D eigenvalue weighted by Crippen LogP contribution is -2.30. The Morgan fingerprint density at radius 2 is 2.50 bits per heavy atom. The molecule has 64 valence electrons. The highest BCUT2D eigenvalue weighted by molar-refractivity contribution is 6.01. The van der Waals surface area contributed by atoms with Crippen LogP contribution in [-0.2, 0) is 0 Å². The van der Waals surface area contributed by atoms with Crippen LogP contribution in [0.5, 0.6) is 0 Å². The number of hydrogen-bond donors (Lipinski definition) is 2. The minimum Gasteiger partial charge on any atom is -0.347 e. The van der Waals surface area contributed by atoms with Gasteiger partial charge in [-0.3, -0.25) is 4.99 Å². The van der Waals surface area contributed by atoms with Gasteiger partial charge in [-0.1, -0.05) is 6.08 Å². The first-order valence-corrected chi connectivity index (χ1v) is 4.17. The molecule has 3 heteroatoms. The number of rotatable bonds is 0. The van der Waals surface area contributed by atoms with Crippen LogP contribution >= 0.6 is 0 Å². The third-order valence-corrected chi connectivity index (χ3v) is 2.10. The summed E-state index contributed by atoms with van der Waals surface area (Å²) < 4.78 is 0. The molecular formula is C9H13N3. The molecule has 0 fully saturated rings. The summed E-state index contributed by atoms with van der Waals surface area (Å²) in [5.41, 5.74) is 6.89. The summed E-state index contributed by atoms with van der Waals surface area (Å²) in [5.74, 6) is 0.987. The first kappa shape index (κ1) is 7.55. The zero-order chi connectivity index (χ0) is 8.60. The highest BCUT2D eigenvalue weighted by Crippen LogP contribution is 2.18. The van der Waals surface area contributed by atoms with Crippen LogP contribution in [0.15, 0.2) is 28.9 Å². The van der Waals surface area contributed by atoms with Crippen molar-refractivity contribution in [3.05, 3.63) is 23.9 Å². The molecule has 0 saturated heterocycles. The molecule has 3 N–H and O–H groups in total. The average Bonchev–Trinajstić information content (AvgIpc) is 2.31. The predicted molar refractivity (Wildman–Crippen MR) is 49.9 cm³/mol. The second kappa shape index (κ2) is 2.45. The summed E-state index contributed by atoms with van der Waals surface area (Å²) in [6.07, 6.45) is 6.90. The van der Waals surface area contributed by atoms with Gasteiger partial charge in [0.15, 0.2) is 0 Å². The van der Waals surface area contributed by atoms with E-state index in [2.05, 4.69) is 16.4 Å². The van der Waals surface area contributed by atoms with Gasteiger partial charge >= 0.3 is 0 Å². The summed E-state index contributed by atoms with van der Waals surface area (Å²) in [6.45, 7) is 2.87. The van der Waals surface area contributed by atoms with Gasteiger partial charge in [0, 0.05) is 12.7 Å². The van der Waals surface area contributed by atoms with Gasteiger partial charge in [-0.15, -0.1) is 0 Å². The van der Waals surface area contributed by atoms with Crippen LogP contribution < -0.4 is 11.1 Å². The molecule has 2 aliphatic heterocycles. The number of nitrogens with one attached hydrogen (secondary N) is 1. The molecule has 0 aromatic rings. The Bertz CT molecular complexity index is 284. The van der Waals surface area contributed by atoms with Crippen LogP contribution in [0.1, 0.15) is 13.3 Å². The van der Waals surface area contributed by atoms with E-state index in [1.807, 2.05) is 19.2 Å². The van der Waals surface area contributed by atoms with E-state index in [0.717, 1.165) is 18.8 Å². The second-order valence-corrected chi connectivity index (χ2v) is 3.49. The average molecular weight is 163 g/mol. The number of nitrogens with zero attached hydrogens (tertiary/aromatic N) is 1. The Balaban J connectivity index is 2.38. The van der Waals surface area contributed by atoms with E-state index in [1.54, 1.807) is 0 Å². The molecule has 0 spiro atoms. The van der Waals surface area contributed by atoms with Gasteiger partial charge in [0.2, 0.25) is 0 Å². The van der Waals surface area contributed by atoms with Gasteiger partial charge in [-0.25, -0.2) is 0 Å². The van der Waals surface area contributed by atoms with Gasteiger partial charge in [0.25, 0.3) is 0 Å². The fourth-order valence-electron chi connectivity index (χ4n) is 1.51. The number of hydrogen-bond acceptors (Lipinski definition) is 3. The van der Waals surface area contributed by atoms with Crippen LogP contribution in [0, 0.1) is 0 Å². The molecule has 0 amide bonds. The minimum atomic E-state index is -0.329. The van der Waals surface area contributed by atoms with Crippen LogP contribution in [0.4, 0.5) is 0 Å². The minimum absolute atomic E-state index is 0.329. The van der Waals surface area contributed by atoms with Gasteiger partial charge in [-0.05, 0) is 25.0 Å². The molecule has 2 heterocycles. The van der Waals surface area contributed by atoms with E-state index in [-0.39, 0.29) is 5.54 Å². The van der Waals surface area contributed by atoms with Crippen molar-refractivity contribution in [3.63, 3.8) is 0 Å². The molecule has 2 rings (SSSR count). The molecule has 1 unspecified atom stereocenters. The van der Waals surface area contributed by atoms with E-state index in [0.29, 0.717) is 0 Å². The van der Waals surface area contributed by atoms with E-state index in [1.165, 1.54) is 5.57 Å². The summed E-state index contributed by atoms with van der Waals surface area (Å²) in [7, 11) is 0. The highest BCUT2D eigenvalue weighted by Gasteiger charge is 2.20. The molecule has 12 heavy (non-hydrogen) atoms. The topological polar surface area (TPSA) is 50.4 Å². The Labute approximate surface area is 72.1 Å². The van der Waals surface area contributed by atoms with Crippen LogP contribution in [0.25, 0.3) is 0 Å². The zero-order valence-corrected chi connectivity index (χ0v) is 7.17. The van der Waals surface area contributed by atoms with Crippen molar-refractivity contribution in [2.75, 3.05) is 6.54 Å². The van der Waals surface area contributed by atoms with Crippen LogP contribution in [0.2, 0.25) is 0 Å². The van der Waals surface area contributed by atoms with Crippen LogP contribution in [0.3, 0.4) is 0 Å². The normalized spacial score (nSPS) is 33.2. The molecular weight excluding hydrogens is 150 g/mol. The molecule has 0 saturated carbocycles. The standard InChI is InChI=1S/C9H13N3/c1-9(10)3-5-12-8-7(6-9)2-4-11-8/h3,5-6H,2,4,10H2,1H3,(H,11,12). The third kappa shape index (κ3) is 1.28. The number of nitrogens with two attached hydrogens (primary N) is 1. The van der Waals surface area contributed by atoms with Crippen molar-refractivity contribution < 1.29 is 0 Å². The second-order valence-electron chi connectivity index (χ2n) is 3.49. The lowest BCUT2D eigenvalue weighted by molar-refractivity contribution is 0.728. The molecule has 0 radical (unpaired) electrons. The Kier molecular flexibility index (Phi) is 1.54. The Morgan fingerprint density at radius 1 is 1.67 bits per heavy atom. The summed E-state index contributed by atoms with van der Waals surface area (Å²) in [5, 5.41) is 3.12. The smallest absolute Gasteiger partial charge is 0.127 e. The predicted octanol–water partition coefficient (Wildman–Crippen LogP) is 0.549. The van der Waals surface area contributed by atoms with Crippen molar-refractivity contribution in [1.82, 2.24) is 5.32 Å². The zero-order valence-electron chi connectivity index (χ0n) is 7.17. The van der Waals surface area contributed by atoms with E-state index >= 15 is 0 Å². The monoisotopic (exact) mass is 163 g/mol. The Morgan fingerprint density at radius 3 is 3.33 bits per heavy atom. The van der Waals surface area contributed by atoms with Gasteiger partial charge in [-0.2, -0.15) is 0 Å². The molecule has 0 aromatic heterocycles. The third-order valence-electron chi connectivity index (χ3n) is 2.10. The maximum atomic E-state index is 5.98. The molecule has 0 bridgehead atoms. The van der Waals surface area contributed by atoms with Crippen molar-refractivity contribution in [1.29, 1.82) is 0 Å². The van der Waals surface area contributed by atoms with Gasteiger partial charge in [0.1, 0.15) is 5.84 Å². The van der Waals surface area contributed by atoms with Gasteiger partial charge < -0.3 is 11.1 Å². The quantitative estimate of drug-likeness (QED) is 0.548. The molecule has 3 nitrogen and oxygen atoms in total. The number of aliphatic imine (C=N–C) groups is 1. The van der Waals surface area contributed by atoms with Gasteiger partial charge in [0.05, 0.1) is 5.54 Å². The summed E-state index contributed by atoms with van der Waals surface area (Å²) in [4.78, 5) is 4.31. The number of fused-ring (bicyclic) bond motifs is 1. The van der Waals surface area contributed by atoms with Crippen molar-refractivity contribution in [3.8, 4) is 0 Å². The largest absolute Gasteiger partial charge is 0.347 e. The highest BCUT2D eigenvalue weighted by atomic mass is 15.0. The lowest BCUT2D eigenvalue weighted by atomic mass is 10.00. The summed E-state index contributed by atoms with van der Waals surface area (Å²) >= 11 is 0. The van der Waals surface area contributed by atoms with E-state index in [4.69, 9.17) is 5.73 Å². The fourth-order valence-corrected chi connectivity index (χ4v) is 1.51. The SMILES string of the molecule is CC1(N)C=CNC2=NCCC2=C1. The van der Waals surface area contributed by atoms with Crippen LogP contribution in [-0.4, -0.2) is 17.9 Å². The number of amidine groups is 1. The first-order valence-electron chi connectivity index (χ1n) is 4.17. The van der Waals surface area contributed by atoms with Crippen molar-refractivity contribution in [2.24, 2.45) is 10.7 Å². The maximum absolute atomic E-state index is 5.98. The van der Waals surface area contributed by atoms with E-state index < -0.39 is 0 Å². The molecule has 0 aromatic carbocycles. The maximum Gasteiger partial charge on any atom is 0.127 e. The first-order chi connectivity index (χ1) is 5.67. The summed E-state index contributed by atoms with van der Waals surface area (Å²) in [6, 6.07) is 0. The van der Waals surface area contributed by atoms with Crippen molar-refractivity contribution >= 4 is 5.84 Å².